The van der Waals surface area contributed by atoms with Gasteiger partial charge in [-0.3, -0.25) is 4.68 Å². The summed E-state index contributed by atoms with van der Waals surface area (Å²) in [5, 5.41) is 11.1. The van der Waals surface area contributed by atoms with Crippen LogP contribution in [-0.4, -0.2) is 38.4 Å². The van der Waals surface area contributed by atoms with Gasteiger partial charge in [0.2, 0.25) is 0 Å². The van der Waals surface area contributed by atoms with Crippen LogP contribution in [-0.2, 0) is 19.6 Å². The lowest BCUT2D eigenvalue weighted by atomic mass is 10.1. The minimum absolute atomic E-state index is 0. The van der Waals surface area contributed by atoms with Crippen molar-refractivity contribution in [2.24, 2.45) is 4.99 Å². The van der Waals surface area contributed by atoms with Crippen LogP contribution in [0.3, 0.4) is 0 Å². The van der Waals surface area contributed by atoms with Gasteiger partial charge in [-0.2, -0.15) is 5.10 Å². The summed E-state index contributed by atoms with van der Waals surface area (Å²) in [6.45, 7) is 8.27. The van der Waals surface area contributed by atoms with Crippen molar-refractivity contribution in [3.8, 4) is 0 Å². The summed E-state index contributed by atoms with van der Waals surface area (Å²) in [6.07, 6.45) is 9.87. The Kier molecular flexibility index (Phi) is 10.4. The predicted molar refractivity (Wildman–Crippen MR) is 132 cm³/mol. The topological polar surface area (TPSA) is 72.1 Å². The number of hydrogen-bond donors (Lipinski definition) is 2. The molecule has 0 spiro atoms. The molecule has 0 aliphatic carbocycles. The SMILES string of the molecule is CCNC(=NCc1ccccc1Cn1cccn1)NCCCCn1ccnc1C.I. The fourth-order valence-electron chi connectivity index (χ4n) is 3.19. The molecule has 2 N–H and O–H groups in total. The minimum Gasteiger partial charge on any atom is -0.357 e. The van der Waals surface area contributed by atoms with Crippen molar-refractivity contribution < 1.29 is 0 Å². The fraction of sp³-hybridized carbons (Fsp3) is 0.409. The Hall–Kier alpha value is -2.36. The molecule has 7 nitrogen and oxygen atoms in total. The quantitative estimate of drug-likeness (QED) is 0.185. The van der Waals surface area contributed by atoms with Gasteiger partial charge in [0.15, 0.2) is 5.96 Å². The van der Waals surface area contributed by atoms with Crippen LogP contribution in [0.2, 0.25) is 0 Å². The molecule has 162 valence electrons. The van der Waals surface area contributed by atoms with E-state index in [0.29, 0.717) is 6.54 Å². The number of guanidine groups is 1. The number of imidazole rings is 1. The molecular formula is C22H32IN7. The lowest BCUT2D eigenvalue weighted by Gasteiger charge is -2.13. The van der Waals surface area contributed by atoms with E-state index in [2.05, 4.69) is 56.5 Å². The summed E-state index contributed by atoms with van der Waals surface area (Å²) >= 11 is 0. The number of benzene rings is 1. The zero-order valence-corrected chi connectivity index (χ0v) is 20.1. The van der Waals surface area contributed by atoms with Crippen LogP contribution in [0.1, 0.15) is 36.7 Å². The lowest BCUT2D eigenvalue weighted by Crippen LogP contribution is -2.37. The number of nitrogens with zero attached hydrogens (tertiary/aromatic N) is 5. The average molecular weight is 521 g/mol. The van der Waals surface area contributed by atoms with Gasteiger partial charge >= 0.3 is 0 Å². The molecule has 0 radical (unpaired) electrons. The summed E-state index contributed by atoms with van der Waals surface area (Å²) in [5.74, 6) is 1.93. The third kappa shape index (κ3) is 7.47. The molecule has 2 aromatic heterocycles. The standard InChI is InChI=1S/C22H31N7.HI/c1-3-23-22(25-11-6-7-14-28-16-13-24-19(28)2)26-17-20-9-4-5-10-21(20)18-29-15-8-12-27-29;/h4-5,8-10,12-13,15-16H,3,6-7,11,14,17-18H2,1-2H3,(H2,23,25,26);1H. The molecule has 0 amide bonds. The highest BCUT2D eigenvalue weighted by Crippen LogP contribution is 2.11. The van der Waals surface area contributed by atoms with Crippen LogP contribution >= 0.6 is 24.0 Å². The van der Waals surface area contributed by atoms with Gasteiger partial charge in [-0.1, -0.05) is 24.3 Å². The molecule has 8 heteroatoms. The highest BCUT2D eigenvalue weighted by atomic mass is 127. The van der Waals surface area contributed by atoms with Crippen LogP contribution in [0.25, 0.3) is 0 Å². The molecule has 2 heterocycles. The molecule has 0 atom stereocenters. The molecule has 0 aliphatic rings. The Morgan fingerprint density at radius 1 is 1.03 bits per heavy atom. The zero-order valence-electron chi connectivity index (χ0n) is 17.8. The molecule has 30 heavy (non-hydrogen) atoms. The molecule has 3 aromatic rings. The van der Waals surface area contributed by atoms with Crippen molar-refractivity contribution >= 4 is 29.9 Å². The Labute approximate surface area is 196 Å². The van der Waals surface area contributed by atoms with Crippen molar-refractivity contribution in [2.75, 3.05) is 13.1 Å². The van der Waals surface area contributed by atoms with Gasteiger partial charge in [0.25, 0.3) is 0 Å². The predicted octanol–water partition coefficient (Wildman–Crippen LogP) is 3.59. The van der Waals surface area contributed by atoms with Crippen LogP contribution < -0.4 is 10.6 Å². The summed E-state index contributed by atoms with van der Waals surface area (Å²) in [6, 6.07) is 10.4. The monoisotopic (exact) mass is 521 g/mol. The maximum Gasteiger partial charge on any atom is 0.191 e. The second-order valence-electron chi connectivity index (χ2n) is 6.97. The molecule has 0 saturated carbocycles. The summed E-state index contributed by atoms with van der Waals surface area (Å²) in [4.78, 5) is 9.05. The van der Waals surface area contributed by atoms with Gasteiger partial charge in [0.1, 0.15) is 5.82 Å². The first-order chi connectivity index (χ1) is 14.3. The maximum atomic E-state index is 4.78. The number of aryl methyl sites for hydroxylation is 2. The van der Waals surface area contributed by atoms with E-state index in [1.165, 1.54) is 11.1 Å². The van der Waals surface area contributed by atoms with Gasteiger partial charge in [-0.05, 0) is 43.9 Å². The van der Waals surface area contributed by atoms with E-state index >= 15 is 0 Å². The lowest BCUT2D eigenvalue weighted by molar-refractivity contribution is 0.588. The second kappa shape index (κ2) is 13.0. The molecule has 3 rings (SSSR count). The third-order valence-corrected chi connectivity index (χ3v) is 4.80. The molecule has 1 aromatic carbocycles. The number of unbranched alkanes of at least 4 members (excludes halogenated alkanes) is 1. The average Bonchev–Trinajstić information content (AvgIpc) is 3.38. The number of halogens is 1. The number of aromatic nitrogens is 4. The van der Waals surface area contributed by atoms with Crippen LogP contribution in [0, 0.1) is 6.92 Å². The first-order valence-electron chi connectivity index (χ1n) is 10.3. The van der Waals surface area contributed by atoms with Crippen molar-refractivity contribution in [2.45, 2.75) is 46.3 Å². The van der Waals surface area contributed by atoms with E-state index in [4.69, 9.17) is 4.99 Å². The van der Waals surface area contributed by atoms with E-state index < -0.39 is 0 Å². The zero-order chi connectivity index (χ0) is 20.3. The Bertz CT molecular complexity index is 887. The summed E-state index contributed by atoms with van der Waals surface area (Å²) in [5.41, 5.74) is 2.46. The number of aliphatic imine (C=N–C) groups is 1. The van der Waals surface area contributed by atoms with Crippen LogP contribution in [0.4, 0.5) is 0 Å². The highest BCUT2D eigenvalue weighted by molar-refractivity contribution is 14.0. The molecule has 0 fully saturated rings. The van der Waals surface area contributed by atoms with Gasteiger partial charge in [-0.25, -0.2) is 9.98 Å². The molecule has 0 unspecified atom stereocenters. The third-order valence-electron chi connectivity index (χ3n) is 4.80. The van der Waals surface area contributed by atoms with E-state index in [9.17, 15) is 0 Å². The van der Waals surface area contributed by atoms with E-state index in [-0.39, 0.29) is 24.0 Å². The minimum atomic E-state index is 0. The van der Waals surface area contributed by atoms with Gasteiger partial charge in [-0.15, -0.1) is 24.0 Å². The van der Waals surface area contributed by atoms with E-state index in [1.54, 1.807) is 0 Å². The van der Waals surface area contributed by atoms with Crippen molar-refractivity contribution in [3.63, 3.8) is 0 Å². The van der Waals surface area contributed by atoms with Gasteiger partial charge in [0, 0.05) is 44.4 Å². The van der Waals surface area contributed by atoms with Crippen LogP contribution in [0.15, 0.2) is 60.1 Å². The van der Waals surface area contributed by atoms with E-state index in [0.717, 1.165) is 50.8 Å². The molecular weight excluding hydrogens is 489 g/mol. The highest BCUT2D eigenvalue weighted by Gasteiger charge is 2.04. The van der Waals surface area contributed by atoms with Crippen LogP contribution in [0.5, 0.6) is 0 Å². The van der Waals surface area contributed by atoms with E-state index in [1.807, 2.05) is 42.5 Å². The largest absolute Gasteiger partial charge is 0.357 e. The first-order valence-corrected chi connectivity index (χ1v) is 10.3. The number of hydrogen-bond acceptors (Lipinski definition) is 3. The van der Waals surface area contributed by atoms with Gasteiger partial charge in [0.05, 0.1) is 13.1 Å². The summed E-state index contributed by atoms with van der Waals surface area (Å²) in [7, 11) is 0. The van der Waals surface area contributed by atoms with Crippen molar-refractivity contribution in [1.29, 1.82) is 0 Å². The molecule has 0 saturated heterocycles. The van der Waals surface area contributed by atoms with Crippen molar-refractivity contribution in [1.82, 2.24) is 30.0 Å². The smallest absolute Gasteiger partial charge is 0.191 e. The fourth-order valence-corrected chi connectivity index (χ4v) is 3.19. The Morgan fingerprint density at radius 2 is 1.87 bits per heavy atom. The first kappa shape index (κ1) is 23.9. The van der Waals surface area contributed by atoms with Crippen molar-refractivity contribution in [3.05, 3.63) is 72.1 Å². The Balaban J connectivity index is 0.00000320. The summed E-state index contributed by atoms with van der Waals surface area (Å²) < 4.78 is 4.13. The normalized spacial score (nSPS) is 11.2. The number of rotatable bonds is 10. The maximum absolute atomic E-state index is 4.78. The molecule has 0 aliphatic heterocycles. The Morgan fingerprint density at radius 3 is 2.57 bits per heavy atom. The number of nitrogens with one attached hydrogen (secondary N) is 2. The van der Waals surface area contributed by atoms with Gasteiger partial charge < -0.3 is 15.2 Å². The second-order valence-corrected chi connectivity index (χ2v) is 6.97. The molecule has 0 bridgehead atoms.